The zero-order chi connectivity index (χ0) is 21.0. The maximum absolute atomic E-state index is 12.1. The lowest BCUT2D eigenvalue weighted by Gasteiger charge is -2.21. The number of nitrogens with one attached hydrogen (secondary N) is 1. The third-order valence-electron chi connectivity index (χ3n) is 4.22. The van der Waals surface area contributed by atoms with Gasteiger partial charge in [-0.3, -0.25) is 0 Å². The van der Waals surface area contributed by atoms with Crippen LogP contribution >= 0.6 is 0 Å². The highest BCUT2D eigenvalue weighted by Crippen LogP contribution is 2.32. The molecule has 0 radical (unpaired) electrons. The fourth-order valence-corrected chi connectivity index (χ4v) is 3.45. The molecule has 0 aromatic heterocycles. The number of unbranched alkanes of at least 4 members (excludes halogenated alkanes) is 5. The molecule has 0 fully saturated rings. The van der Waals surface area contributed by atoms with Crippen LogP contribution in [0.1, 0.15) is 51.0 Å². The van der Waals surface area contributed by atoms with Crippen molar-refractivity contribution in [1.29, 1.82) is 10.5 Å². The van der Waals surface area contributed by atoms with Crippen molar-refractivity contribution in [3.8, 4) is 23.6 Å². The van der Waals surface area contributed by atoms with E-state index in [0.29, 0.717) is 17.9 Å². The largest absolute Gasteiger partial charge is 0.493 e. The normalized spacial score (nSPS) is 11.5. The minimum atomic E-state index is -3.93. The van der Waals surface area contributed by atoms with Gasteiger partial charge >= 0.3 is 0 Å². The molecule has 1 aromatic carbocycles. The first-order valence-electron chi connectivity index (χ1n) is 9.11. The number of benzene rings is 1. The minimum absolute atomic E-state index is 0.171. The molecule has 0 heterocycles. The van der Waals surface area contributed by atoms with E-state index in [0.717, 1.165) is 32.1 Å². The van der Waals surface area contributed by atoms with E-state index >= 15 is 0 Å². The van der Waals surface area contributed by atoms with Crippen LogP contribution in [0.3, 0.4) is 0 Å². The Kier molecular flexibility index (Phi) is 9.74. The molecule has 9 heteroatoms. The molecule has 0 bridgehead atoms. The molecule has 0 aliphatic rings. The van der Waals surface area contributed by atoms with Gasteiger partial charge in [0.25, 0.3) is 10.1 Å². The first kappa shape index (κ1) is 23.7. The molecule has 0 spiro atoms. The molecule has 0 unspecified atom stereocenters. The standard InChI is InChI=1S/C19H27N3O5S/c1-4-5-6-7-8-9-12-28(23,24)27-22-19(14-20,15-21)16-10-11-17(25-2)18(13-16)26-3/h10-11,13,22H,4-9,12H2,1-3H3. The summed E-state index contributed by atoms with van der Waals surface area (Å²) in [4.78, 5) is 0. The third-order valence-corrected chi connectivity index (χ3v) is 5.35. The maximum Gasteiger partial charge on any atom is 0.283 e. The molecule has 0 aliphatic heterocycles. The summed E-state index contributed by atoms with van der Waals surface area (Å²) in [6.45, 7) is 2.11. The molecular weight excluding hydrogens is 382 g/mol. The van der Waals surface area contributed by atoms with Crippen molar-refractivity contribution in [3.63, 3.8) is 0 Å². The predicted molar refractivity (Wildman–Crippen MR) is 104 cm³/mol. The van der Waals surface area contributed by atoms with E-state index in [-0.39, 0.29) is 11.3 Å². The lowest BCUT2D eigenvalue weighted by atomic mass is 9.94. The fraction of sp³-hybridized carbons (Fsp3) is 0.579. The number of hydroxylamine groups is 1. The van der Waals surface area contributed by atoms with Crippen LogP contribution < -0.4 is 15.0 Å². The predicted octanol–water partition coefficient (Wildman–Crippen LogP) is 3.16. The van der Waals surface area contributed by atoms with Crippen LogP contribution in [0.25, 0.3) is 0 Å². The molecule has 0 atom stereocenters. The first-order chi connectivity index (χ1) is 13.4. The van der Waals surface area contributed by atoms with Crippen LogP contribution in [-0.2, 0) is 19.9 Å². The molecule has 1 rings (SSSR count). The van der Waals surface area contributed by atoms with E-state index in [9.17, 15) is 18.9 Å². The van der Waals surface area contributed by atoms with Crippen molar-refractivity contribution >= 4 is 10.1 Å². The molecule has 28 heavy (non-hydrogen) atoms. The van der Waals surface area contributed by atoms with Gasteiger partial charge in [0.15, 0.2) is 11.5 Å². The Labute approximate surface area is 167 Å². The van der Waals surface area contributed by atoms with E-state index in [4.69, 9.17) is 13.8 Å². The molecule has 8 nitrogen and oxygen atoms in total. The Balaban J connectivity index is 2.82. The Morgan fingerprint density at radius 3 is 2.18 bits per heavy atom. The number of hydrogen-bond donors (Lipinski definition) is 1. The summed E-state index contributed by atoms with van der Waals surface area (Å²) in [6, 6.07) is 7.95. The maximum atomic E-state index is 12.1. The number of ether oxygens (including phenoxy) is 2. The minimum Gasteiger partial charge on any atom is -0.493 e. The third kappa shape index (κ3) is 6.68. The van der Waals surface area contributed by atoms with Crippen molar-refractivity contribution < 1.29 is 22.2 Å². The quantitative estimate of drug-likeness (QED) is 0.389. The van der Waals surface area contributed by atoms with Crippen molar-refractivity contribution in [2.75, 3.05) is 20.0 Å². The summed E-state index contributed by atoms with van der Waals surface area (Å²) in [5, 5.41) is 19.1. The number of nitrogens with zero attached hydrogens (tertiary/aromatic N) is 2. The summed E-state index contributed by atoms with van der Waals surface area (Å²) in [5.74, 6) is 0.518. The van der Waals surface area contributed by atoms with Gasteiger partial charge < -0.3 is 9.47 Å². The van der Waals surface area contributed by atoms with Gasteiger partial charge in [-0.15, -0.1) is 5.48 Å². The number of methoxy groups -OCH3 is 2. The Hall–Kier alpha value is -2.33. The van der Waals surface area contributed by atoms with Gasteiger partial charge in [0, 0.05) is 5.56 Å². The van der Waals surface area contributed by atoms with E-state index < -0.39 is 15.7 Å². The molecular formula is C19H27N3O5S. The van der Waals surface area contributed by atoms with Crippen LogP contribution in [0.15, 0.2) is 18.2 Å². The van der Waals surface area contributed by atoms with E-state index in [1.165, 1.54) is 32.4 Å². The molecule has 1 aromatic rings. The Morgan fingerprint density at radius 1 is 1.00 bits per heavy atom. The van der Waals surface area contributed by atoms with E-state index in [2.05, 4.69) is 12.4 Å². The molecule has 0 saturated carbocycles. The zero-order valence-corrected chi connectivity index (χ0v) is 17.3. The SMILES string of the molecule is CCCCCCCCS(=O)(=O)ONC(C#N)(C#N)c1ccc(OC)c(OC)c1. The average Bonchev–Trinajstić information content (AvgIpc) is 2.71. The number of nitriles is 2. The van der Waals surface area contributed by atoms with Gasteiger partial charge in [-0.25, -0.2) is 0 Å². The van der Waals surface area contributed by atoms with Gasteiger partial charge in [0.2, 0.25) is 5.54 Å². The summed E-state index contributed by atoms with van der Waals surface area (Å²) in [7, 11) is -1.07. The van der Waals surface area contributed by atoms with Gasteiger partial charge in [-0.05, 0) is 18.6 Å². The number of rotatable bonds is 13. The second-order valence-electron chi connectivity index (χ2n) is 6.26. The summed E-state index contributed by atoms with van der Waals surface area (Å²) in [5.41, 5.74) is 0.284. The van der Waals surface area contributed by atoms with Gasteiger partial charge in [-0.2, -0.15) is 23.2 Å². The molecule has 0 aliphatic carbocycles. The summed E-state index contributed by atoms with van der Waals surface area (Å²) < 4.78 is 39.3. The van der Waals surface area contributed by atoms with Crippen LogP contribution in [-0.4, -0.2) is 28.4 Å². The lowest BCUT2D eigenvalue weighted by Crippen LogP contribution is -2.41. The van der Waals surface area contributed by atoms with Crippen LogP contribution in [0.4, 0.5) is 0 Å². The van der Waals surface area contributed by atoms with Gasteiger partial charge in [0.1, 0.15) is 12.1 Å². The van der Waals surface area contributed by atoms with Crippen molar-refractivity contribution in [2.45, 2.75) is 51.0 Å². The van der Waals surface area contributed by atoms with Crippen LogP contribution in [0.5, 0.6) is 11.5 Å². The van der Waals surface area contributed by atoms with Crippen molar-refractivity contribution in [3.05, 3.63) is 23.8 Å². The second-order valence-corrected chi connectivity index (χ2v) is 7.95. The number of hydrogen-bond acceptors (Lipinski definition) is 8. The fourth-order valence-electron chi connectivity index (χ4n) is 2.55. The van der Waals surface area contributed by atoms with Gasteiger partial charge in [0.05, 0.1) is 20.0 Å². The molecule has 0 amide bonds. The highest BCUT2D eigenvalue weighted by Gasteiger charge is 2.35. The van der Waals surface area contributed by atoms with E-state index in [1.807, 2.05) is 0 Å². The second kappa shape index (κ2) is 11.5. The molecule has 154 valence electrons. The molecule has 0 saturated heterocycles. The zero-order valence-electron chi connectivity index (χ0n) is 16.5. The highest BCUT2D eigenvalue weighted by atomic mass is 32.2. The monoisotopic (exact) mass is 409 g/mol. The summed E-state index contributed by atoms with van der Waals surface area (Å²) in [6.07, 6.45) is 5.51. The topological polar surface area (TPSA) is 121 Å². The molecule has 1 N–H and O–H groups in total. The Bertz CT molecular complexity index is 798. The lowest BCUT2D eigenvalue weighted by molar-refractivity contribution is 0.154. The van der Waals surface area contributed by atoms with E-state index in [1.54, 1.807) is 12.1 Å². The summed E-state index contributed by atoms with van der Waals surface area (Å²) >= 11 is 0. The van der Waals surface area contributed by atoms with Crippen LogP contribution in [0.2, 0.25) is 0 Å². The Morgan fingerprint density at radius 2 is 1.61 bits per heavy atom. The van der Waals surface area contributed by atoms with Crippen molar-refractivity contribution in [1.82, 2.24) is 5.48 Å². The van der Waals surface area contributed by atoms with Crippen LogP contribution in [0, 0.1) is 22.7 Å². The van der Waals surface area contributed by atoms with Crippen molar-refractivity contribution in [2.24, 2.45) is 0 Å². The smallest absolute Gasteiger partial charge is 0.283 e. The average molecular weight is 410 g/mol. The van der Waals surface area contributed by atoms with Gasteiger partial charge in [-0.1, -0.05) is 45.1 Å². The highest BCUT2D eigenvalue weighted by molar-refractivity contribution is 7.86. The first-order valence-corrected chi connectivity index (χ1v) is 10.7.